The molecule has 12 aliphatic rings. The van der Waals surface area contributed by atoms with Crippen LogP contribution in [0.4, 0.5) is 0 Å². The summed E-state index contributed by atoms with van der Waals surface area (Å²) in [4.78, 5) is 10.8. The van der Waals surface area contributed by atoms with Crippen molar-refractivity contribution in [3.8, 4) is 0 Å². The van der Waals surface area contributed by atoms with Crippen LogP contribution in [0.3, 0.4) is 0 Å². The van der Waals surface area contributed by atoms with E-state index in [0.29, 0.717) is 0 Å². The molecule has 2 aromatic rings. The summed E-state index contributed by atoms with van der Waals surface area (Å²) in [5.41, 5.74) is 5.84. The van der Waals surface area contributed by atoms with Crippen LogP contribution in [0.5, 0.6) is 0 Å². The zero-order valence-corrected chi connectivity index (χ0v) is 30.2. The Balaban J connectivity index is 1.30. The Morgan fingerprint density at radius 1 is 0.348 bits per heavy atom. The molecule has 2 atom stereocenters. The van der Waals surface area contributed by atoms with Crippen molar-refractivity contribution < 1.29 is 0 Å². The molecule has 2 aromatic carbocycles. The first-order chi connectivity index (χ1) is 22.8. The van der Waals surface area contributed by atoms with Crippen molar-refractivity contribution in [3.05, 3.63) is 70.8 Å². The van der Waals surface area contributed by atoms with Crippen molar-refractivity contribution in [2.75, 3.05) is 102 Å². The molecule has 12 heterocycles. The van der Waals surface area contributed by atoms with Crippen LogP contribution < -0.4 is 10.6 Å². The molecule has 12 aliphatic heterocycles. The van der Waals surface area contributed by atoms with E-state index in [2.05, 4.69) is 102 Å². The summed E-state index contributed by atoms with van der Waals surface area (Å²) >= 11 is 4.34. The largest absolute Gasteiger partial charge is 0.315 e. The van der Waals surface area contributed by atoms with Crippen LogP contribution in [0.25, 0.3) is 0 Å². The molecule has 0 spiro atoms. The maximum atomic E-state index is 3.76. The second-order valence-corrected chi connectivity index (χ2v) is 16.0. The molecule has 2 unspecified atom stereocenters. The highest BCUT2D eigenvalue weighted by Gasteiger charge is 2.13. The maximum Gasteiger partial charge on any atom is 0.0234 e. The van der Waals surface area contributed by atoms with Crippen LogP contribution in [0.15, 0.2) is 48.5 Å². The Morgan fingerprint density at radius 3 is 0.957 bits per heavy atom. The van der Waals surface area contributed by atoms with E-state index in [-0.39, 0.29) is 0 Å². The molecule has 2 saturated heterocycles. The molecule has 0 aromatic heterocycles. The van der Waals surface area contributed by atoms with Gasteiger partial charge in [0.25, 0.3) is 0 Å². The number of rotatable bonds is 0. The molecule has 8 bridgehead atoms. The Hall–Kier alpha value is -1.10. The van der Waals surface area contributed by atoms with Gasteiger partial charge in [-0.05, 0) is 136 Å². The highest BCUT2D eigenvalue weighted by atomic mass is 32.2. The molecule has 2 N–H and O–H groups in total. The lowest BCUT2D eigenvalue weighted by Crippen LogP contribution is -2.38. The van der Waals surface area contributed by atoms with E-state index < -0.39 is 0 Å². The van der Waals surface area contributed by atoms with Crippen molar-refractivity contribution in [1.82, 2.24) is 30.2 Å². The molecule has 0 saturated carbocycles. The van der Waals surface area contributed by atoms with Crippen LogP contribution in [-0.2, 0) is 26.2 Å². The summed E-state index contributed by atoms with van der Waals surface area (Å²) in [5.74, 6) is 5.12. The van der Waals surface area contributed by atoms with Gasteiger partial charge in [0.15, 0.2) is 0 Å². The molecule has 0 amide bonds. The van der Waals surface area contributed by atoms with Crippen molar-refractivity contribution in [1.29, 1.82) is 0 Å². The van der Waals surface area contributed by atoms with Gasteiger partial charge in [-0.25, -0.2) is 0 Å². The summed E-state index contributed by atoms with van der Waals surface area (Å²) < 4.78 is 0. The summed E-state index contributed by atoms with van der Waals surface area (Å²) in [5, 5.41) is 7.52. The van der Waals surface area contributed by atoms with Crippen molar-refractivity contribution in [3.63, 3.8) is 0 Å². The van der Waals surface area contributed by atoms with Gasteiger partial charge in [0, 0.05) is 52.4 Å². The van der Waals surface area contributed by atoms with E-state index in [1.165, 1.54) is 110 Å². The summed E-state index contributed by atoms with van der Waals surface area (Å²) in [7, 11) is 0. The average molecular weight is 667 g/mol. The Kier molecular flexibility index (Phi) is 17.1. The third kappa shape index (κ3) is 14.2. The number of benzene rings is 2. The zero-order chi connectivity index (χ0) is 31.5. The first-order valence-electron chi connectivity index (χ1n) is 18.4. The van der Waals surface area contributed by atoms with E-state index >= 15 is 0 Å². The fraction of sp³-hybridized carbons (Fsp3) is 0.684. The monoisotopic (exact) mass is 666 g/mol. The van der Waals surface area contributed by atoms with Gasteiger partial charge >= 0.3 is 0 Å². The molecule has 8 heteroatoms. The van der Waals surface area contributed by atoms with Gasteiger partial charge in [-0.2, -0.15) is 23.5 Å². The molecule has 0 radical (unpaired) electrons. The summed E-state index contributed by atoms with van der Waals surface area (Å²) in [6, 6.07) is 19.2. The number of nitrogens with one attached hydrogen (secondary N) is 2. The minimum atomic E-state index is 1.05. The molecular weight excluding hydrogens is 605 g/mol. The number of hydrogen-bond donors (Lipinski definition) is 2. The van der Waals surface area contributed by atoms with Gasteiger partial charge in [-0.1, -0.05) is 48.5 Å². The lowest BCUT2D eigenvalue weighted by atomic mass is 10.1. The smallest absolute Gasteiger partial charge is 0.0234 e. The van der Waals surface area contributed by atoms with Crippen LogP contribution in [0, 0.1) is 0 Å². The van der Waals surface area contributed by atoms with Crippen molar-refractivity contribution >= 4 is 23.5 Å². The van der Waals surface area contributed by atoms with Gasteiger partial charge < -0.3 is 10.6 Å². The molecule has 46 heavy (non-hydrogen) atoms. The molecule has 14 rings (SSSR count). The maximum absolute atomic E-state index is 3.76. The Morgan fingerprint density at radius 2 is 0.630 bits per heavy atom. The van der Waals surface area contributed by atoms with Gasteiger partial charge in [0.05, 0.1) is 0 Å². The van der Waals surface area contributed by atoms with Crippen LogP contribution >= 0.6 is 23.5 Å². The lowest BCUT2D eigenvalue weighted by Gasteiger charge is -2.26. The quantitative estimate of drug-likeness (QED) is 0.376. The van der Waals surface area contributed by atoms with Crippen LogP contribution in [0.2, 0.25) is 0 Å². The highest BCUT2D eigenvalue weighted by molar-refractivity contribution is 7.99. The van der Waals surface area contributed by atoms with E-state index in [9.17, 15) is 0 Å². The van der Waals surface area contributed by atoms with E-state index in [4.69, 9.17) is 0 Å². The standard InChI is InChI=1S/C38H62N6S2/c1-15-39-17-26-44-20-2-16-40-18-25-43(19-1)33-37-11-7-35(8-12-37)31-41-21-3-27-45-29-5-23-42(24-6-30-46-28-4-22-41)32-36-9-13-38(34-44)14-10-36/h7-14,39-40H,1-6,15-34H2. The molecule has 0 aliphatic carbocycles. The number of nitrogens with zero attached hydrogens (tertiary/aromatic N) is 4. The van der Waals surface area contributed by atoms with Gasteiger partial charge in [-0.3, -0.25) is 19.6 Å². The van der Waals surface area contributed by atoms with E-state index in [0.717, 1.165) is 78.5 Å². The Labute approximate surface area is 289 Å². The first kappa shape index (κ1) is 36.2. The average Bonchev–Trinajstić information content (AvgIpc) is 3.06. The van der Waals surface area contributed by atoms with Gasteiger partial charge in [-0.15, -0.1) is 0 Å². The van der Waals surface area contributed by atoms with Gasteiger partial charge in [0.2, 0.25) is 0 Å². The minimum absolute atomic E-state index is 1.05. The second-order valence-electron chi connectivity index (χ2n) is 13.6. The minimum Gasteiger partial charge on any atom is -0.315 e. The topological polar surface area (TPSA) is 37.0 Å². The predicted molar refractivity (Wildman–Crippen MR) is 202 cm³/mol. The highest BCUT2D eigenvalue weighted by Crippen LogP contribution is 2.17. The van der Waals surface area contributed by atoms with Crippen LogP contribution in [-0.4, -0.2) is 121 Å². The summed E-state index contributed by atoms with van der Waals surface area (Å²) in [6.45, 7) is 18.0. The van der Waals surface area contributed by atoms with Crippen molar-refractivity contribution in [2.24, 2.45) is 0 Å². The Bertz CT molecular complexity index is 950. The zero-order valence-electron chi connectivity index (χ0n) is 28.6. The van der Waals surface area contributed by atoms with Crippen molar-refractivity contribution in [2.45, 2.75) is 64.7 Å². The number of thioether (sulfide) groups is 2. The second kappa shape index (κ2) is 21.8. The molecule has 6 nitrogen and oxygen atoms in total. The molecule has 2 fully saturated rings. The lowest BCUT2D eigenvalue weighted by molar-refractivity contribution is 0.241. The predicted octanol–water partition coefficient (Wildman–Crippen LogP) is 5.62. The summed E-state index contributed by atoms with van der Waals surface area (Å²) in [6.07, 6.45) is 7.56. The molecular formula is C38H62N6S2. The normalized spacial score (nSPS) is 28.0. The first-order valence-corrected chi connectivity index (χ1v) is 20.7. The third-order valence-corrected chi connectivity index (χ3v) is 11.9. The fourth-order valence-corrected chi connectivity index (χ4v) is 8.70. The van der Waals surface area contributed by atoms with Crippen LogP contribution in [0.1, 0.15) is 60.8 Å². The van der Waals surface area contributed by atoms with E-state index in [1.807, 2.05) is 0 Å². The molecule has 256 valence electrons. The fourth-order valence-electron chi connectivity index (χ4n) is 6.96. The number of hydrogen-bond acceptors (Lipinski definition) is 8. The van der Waals surface area contributed by atoms with E-state index in [1.54, 1.807) is 0 Å². The third-order valence-electron chi connectivity index (χ3n) is 9.59. The SMILES string of the molecule is c1cc2ccc1CN1CCCSCCCN(CCCSCCC1)Cc1ccc(cc1)CN1CCCNCCN(CCCNCC1)C2. The van der Waals surface area contributed by atoms with Gasteiger partial charge in [0.1, 0.15) is 0 Å².